The molecule has 1 aromatic carbocycles. The molecule has 1 aromatic rings. The van der Waals surface area contributed by atoms with Gasteiger partial charge >= 0.3 is 0 Å². The first kappa shape index (κ1) is 13.4. The largest absolute Gasteiger partial charge is 0.393 e. The third-order valence-corrected chi connectivity index (χ3v) is 3.57. The van der Waals surface area contributed by atoms with E-state index in [-0.39, 0.29) is 10.9 Å². The van der Waals surface area contributed by atoms with E-state index in [1.165, 1.54) is 0 Å². The van der Waals surface area contributed by atoms with Crippen LogP contribution >= 0.6 is 39.7 Å². The van der Waals surface area contributed by atoms with E-state index in [4.69, 9.17) is 29.6 Å². The zero-order chi connectivity index (χ0) is 12.3. The van der Waals surface area contributed by atoms with Gasteiger partial charge in [0.25, 0.3) is 0 Å². The molecular formula is C10H10BrClN2OS. The SMILES string of the molecule is CC(C(=O)Nc1ccc(Cl)c(Br)c1)C(N)=S. The summed E-state index contributed by atoms with van der Waals surface area (Å²) in [6.07, 6.45) is 0. The highest BCUT2D eigenvalue weighted by atomic mass is 79.9. The summed E-state index contributed by atoms with van der Waals surface area (Å²) in [4.78, 5) is 11.8. The monoisotopic (exact) mass is 320 g/mol. The van der Waals surface area contributed by atoms with Crippen molar-refractivity contribution in [3.63, 3.8) is 0 Å². The molecule has 0 radical (unpaired) electrons. The Morgan fingerprint density at radius 2 is 2.25 bits per heavy atom. The van der Waals surface area contributed by atoms with Crippen LogP contribution < -0.4 is 11.1 Å². The number of nitrogens with two attached hydrogens (primary N) is 1. The molecule has 0 heterocycles. The summed E-state index contributed by atoms with van der Waals surface area (Å²) in [5, 5.41) is 3.28. The normalized spacial score (nSPS) is 11.9. The Morgan fingerprint density at radius 1 is 1.62 bits per heavy atom. The van der Waals surface area contributed by atoms with Crippen molar-refractivity contribution in [1.82, 2.24) is 0 Å². The fraction of sp³-hybridized carbons (Fsp3) is 0.200. The molecule has 1 rings (SSSR count). The summed E-state index contributed by atoms with van der Waals surface area (Å²) in [5.74, 6) is -0.730. The minimum absolute atomic E-state index is 0.172. The number of benzene rings is 1. The Labute approximate surface area is 112 Å². The van der Waals surface area contributed by atoms with E-state index in [0.717, 1.165) is 4.47 Å². The lowest BCUT2D eigenvalue weighted by Gasteiger charge is -2.11. The minimum atomic E-state index is -0.496. The van der Waals surface area contributed by atoms with E-state index in [2.05, 4.69) is 21.2 Å². The molecule has 1 unspecified atom stereocenters. The van der Waals surface area contributed by atoms with Crippen molar-refractivity contribution in [2.24, 2.45) is 11.7 Å². The van der Waals surface area contributed by atoms with Gasteiger partial charge in [0.15, 0.2) is 0 Å². The van der Waals surface area contributed by atoms with Crippen molar-refractivity contribution < 1.29 is 4.79 Å². The Balaban J connectivity index is 2.77. The van der Waals surface area contributed by atoms with E-state index in [9.17, 15) is 4.79 Å². The lowest BCUT2D eigenvalue weighted by atomic mass is 10.1. The second-order valence-corrected chi connectivity index (χ2v) is 4.98. The summed E-state index contributed by atoms with van der Waals surface area (Å²) in [6.45, 7) is 1.66. The van der Waals surface area contributed by atoms with Crippen LogP contribution in [-0.2, 0) is 4.79 Å². The Hall–Kier alpha value is -0.650. The summed E-state index contributed by atoms with van der Waals surface area (Å²) in [5.41, 5.74) is 6.03. The first-order valence-corrected chi connectivity index (χ1v) is 6.05. The quantitative estimate of drug-likeness (QED) is 0.842. The Morgan fingerprint density at radius 3 is 2.75 bits per heavy atom. The number of carbonyl (C=O) groups excluding carboxylic acids is 1. The second kappa shape index (κ2) is 5.61. The maximum Gasteiger partial charge on any atom is 0.234 e. The molecule has 0 aliphatic carbocycles. The molecule has 86 valence electrons. The van der Waals surface area contributed by atoms with Crippen LogP contribution in [0.25, 0.3) is 0 Å². The molecular weight excluding hydrogens is 312 g/mol. The summed E-state index contributed by atoms with van der Waals surface area (Å²) in [6, 6.07) is 5.11. The summed E-state index contributed by atoms with van der Waals surface area (Å²) < 4.78 is 0.718. The number of anilines is 1. The van der Waals surface area contributed by atoms with Gasteiger partial charge in [0.05, 0.1) is 15.9 Å². The van der Waals surface area contributed by atoms with Gasteiger partial charge in [0.1, 0.15) is 0 Å². The van der Waals surface area contributed by atoms with Crippen LogP contribution in [0.4, 0.5) is 5.69 Å². The molecule has 0 aliphatic heterocycles. The number of hydrogen-bond donors (Lipinski definition) is 2. The van der Waals surface area contributed by atoms with Gasteiger partial charge in [-0.1, -0.05) is 23.8 Å². The molecule has 0 aromatic heterocycles. The lowest BCUT2D eigenvalue weighted by molar-refractivity contribution is -0.117. The topological polar surface area (TPSA) is 55.1 Å². The molecule has 1 atom stereocenters. The highest BCUT2D eigenvalue weighted by molar-refractivity contribution is 9.10. The van der Waals surface area contributed by atoms with Gasteiger partial charge in [-0.25, -0.2) is 0 Å². The van der Waals surface area contributed by atoms with Gasteiger partial charge in [-0.3, -0.25) is 4.79 Å². The summed E-state index contributed by atoms with van der Waals surface area (Å²) >= 11 is 13.8. The first-order chi connectivity index (χ1) is 7.41. The van der Waals surface area contributed by atoms with Crippen LogP contribution in [0.3, 0.4) is 0 Å². The van der Waals surface area contributed by atoms with E-state index >= 15 is 0 Å². The van der Waals surface area contributed by atoms with Crippen molar-refractivity contribution >= 4 is 56.3 Å². The second-order valence-electron chi connectivity index (χ2n) is 3.24. The number of carbonyl (C=O) groups is 1. The molecule has 0 saturated heterocycles. The predicted molar refractivity (Wildman–Crippen MR) is 73.7 cm³/mol. The molecule has 1 amide bonds. The van der Waals surface area contributed by atoms with Gasteiger partial charge in [-0.2, -0.15) is 0 Å². The van der Waals surface area contributed by atoms with Crippen LogP contribution in [0.15, 0.2) is 22.7 Å². The number of halogens is 2. The first-order valence-electron chi connectivity index (χ1n) is 4.47. The smallest absolute Gasteiger partial charge is 0.234 e. The van der Waals surface area contributed by atoms with Crippen LogP contribution in [-0.4, -0.2) is 10.9 Å². The van der Waals surface area contributed by atoms with Crippen molar-refractivity contribution in [3.05, 3.63) is 27.7 Å². The van der Waals surface area contributed by atoms with Crippen molar-refractivity contribution in [2.75, 3.05) is 5.32 Å². The standard InChI is InChI=1S/C10H10BrClN2OS/c1-5(9(13)16)10(15)14-6-2-3-8(12)7(11)4-6/h2-5H,1H3,(H2,13,16)(H,14,15). The number of nitrogens with one attached hydrogen (secondary N) is 1. The van der Waals surface area contributed by atoms with Crippen molar-refractivity contribution in [1.29, 1.82) is 0 Å². The molecule has 6 heteroatoms. The molecule has 0 bridgehead atoms. The minimum Gasteiger partial charge on any atom is -0.393 e. The zero-order valence-electron chi connectivity index (χ0n) is 8.46. The van der Waals surface area contributed by atoms with Crippen molar-refractivity contribution in [2.45, 2.75) is 6.92 Å². The average molecular weight is 322 g/mol. The van der Waals surface area contributed by atoms with Crippen LogP contribution in [0.2, 0.25) is 5.02 Å². The number of amides is 1. The number of hydrogen-bond acceptors (Lipinski definition) is 2. The van der Waals surface area contributed by atoms with Crippen LogP contribution in [0.1, 0.15) is 6.92 Å². The number of thiocarbonyl (C=S) groups is 1. The van der Waals surface area contributed by atoms with E-state index in [1.807, 2.05) is 0 Å². The molecule has 0 fully saturated rings. The molecule has 16 heavy (non-hydrogen) atoms. The average Bonchev–Trinajstić information content (AvgIpc) is 2.22. The van der Waals surface area contributed by atoms with E-state index in [1.54, 1.807) is 25.1 Å². The Bertz CT molecular complexity index is 439. The molecule has 0 spiro atoms. The fourth-order valence-electron chi connectivity index (χ4n) is 0.954. The Kier molecular flexibility index (Phi) is 4.70. The van der Waals surface area contributed by atoms with Gasteiger partial charge < -0.3 is 11.1 Å². The predicted octanol–water partition coefficient (Wildman–Crippen LogP) is 2.96. The third-order valence-electron chi connectivity index (χ3n) is 2.01. The zero-order valence-corrected chi connectivity index (χ0v) is 11.6. The van der Waals surface area contributed by atoms with Gasteiger partial charge in [-0.15, -0.1) is 0 Å². The van der Waals surface area contributed by atoms with Gasteiger partial charge in [0.2, 0.25) is 5.91 Å². The maximum absolute atomic E-state index is 11.6. The molecule has 0 aliphatic rings. The highest BCUT2D eigenvalue weighted by Gasteiger charge is 2.15. The maximum atomic E-state index is 11.6. The fourth-order valence-corrected chi connectivity index (χ4v) is 1.56. The van der Waals surface area contributed by atoms with Crippen LogP contribution in [0.5, 0.6) is 0 Å². The molecule has 0 saturated carbocycles. The lowest BCUT2D eigenvalue weighted by Crippen LogP contribution is -2.30. The van der Waals surface area contributed by atoms with Gasteiger partial charge in [0, 0.05) is 10.2 Å². The van der Waals surface area contributed by atoms with Crippen LogP contribution in [0, 0.1) is 5.92 Å². The van der Waals surface area contributed by atoms with Gasteiger partial charge in [-0.05, 0) is 41.1 Å². The third kappa shape index (κ3) is 3.43. The molecule has 3 N–H and O–H groups in total. The highest BCUT2D eigenvalue weighted by Crippen LogP contribution is 2.25. The summed E-state index contributed by atoms with van der Waals surface area (Å²) in [7, 11) is 0. The molecule has 3 nitrogen and oxygen atoms in total. The van der Waals surface area contributed by atoms with E-state index < -0.39 is 5.92 Å². The van der Waals surface area contributed by atoms with E-state index in [0.29, 0.717) is 10.7 Å². The number of rotatable bonds is 3. The van der Waals surface area contributed by atoms with Crippen molar-refractivity contribution in [3.8, 4) is 0 Å².